The summed E-state index contributed by atoms with van der Waals surface area (Å²) < 4.78 is 4.77. The lowest BCUT2D eigenvalue weighted by Gasteiger charge is -2.29. The predicted octanol–water partition coefficient (Wildman–Crippen LogP) is 2.51. The zero-order valence-electron chi connectivity index (χ0n) is 9.12. The summed E-state index contributed by atoms with van der Waals surface area (Å²) in [5.41, 5.74) is 3.53. The first kappa shape index (κ1) is 10.0. The van der Waals surface area contributed by atoms with Gasteiger partial charge in [0, 0.05) is 6.54 Å². The number of nitrogens with zero attached hydrogens (tertiary/aromatic N) is 1. The van der Waals surface area contributed by atoms with Gasteiger partial charge in [-0.05, 0) is 37.0 Å². The molecule has 3 heteroatoms. The van der Waals surface area contributed by atoms with Crippen LogP contribution in [-0.4, -0.2) is 19.7 Å². The Labute approximate surface area is 89.7 Å². The predicted molar refractivity (Wildman–Crippen MR) is 59.3 cm³/mol. The molecular formula is C12H15NO2. The number of rotatable bonds is 0. The molecule has 0 radical (unpaired) electrons. The van der Waals surface area contributed by atoms with Gasteiger partial charge in [0.05, 0.1) is 12.8 Å². The van der Waals surface area contributed by atoms with Crippen molar-refractivity contribution < 1.29 is 9.53 Å². The molecule has 80 valence electrons. The van der Waals surface area contributed by atoms with Gasteiger partial charge in [0.25, 0.3) is 0 Å². The summed E-state index contributed by atoms with van der Waals surface area (Å²) in [5, 5.41) is 0. The van der Waals surface area contributed by atoms with Crippen LogP contribution in [0.5, 0.6) is 0 Å². The Morgan fingerprint density at radius 1 is 1.47 bits per heavy atom. The van der Waals surface area contributed by atoms with E-state index in [9.17, 15) is 4.79 Å². The number of fused-ring (bicyclic) bond motifs is 1. The highest BCUT2D eigenvalue weighted by Crippen LogP contribution is 2.29. The van der Waals surface area contributed by atoms with Gasteiger partial charge in [0.1, 0.15) is 0 Å². The molecule has 0 saturated heterocycles. The molecule has 15 heavy (non-hydrogen) atoms. The van der Waals surface area contributed by atoms with Crippen LogP contribution in [0.1, 0.15) is 17.5 Å². The third-order valence-electron chi connectivity index (χ3n) is 2.88. The second-order valence-electron chi connectivity index (χ2n) is 3.80. The lowest BCUT2D eigenvalue weighted by Crippen LogP contribution is -2.35. The van der Waals surface area contributed by atoms with Gasteiger partial charge in [-0.1, -0.05) is 12.1 Å². The molecule has 0 spiro atoms. The van der Waals surface area contributed by atoms with Crippen LogP contribution in [0.25, 0.3) is 0 Å². The van der Waals surface area contributed by atoms with E-state index in [1.165, 1.54) is 18.2 Å². The summed E-state index contributed by atoms with van der Waals surface area (Å²) in [6, 6.07) is 6.05. The summed E-state index contributed by atoms with van der Waals surface area (Å²) in [5.74, 6) is 0. The SMILES string of the molecule is COC(=O)N1CCCc2c(C)cccc21. The molecule has 0 aliphatic carbocycles. The molecule has 1 aliphatic rings. The third-order valence-corrected chi connectivity index (χ3v) is 2.88. The maximum absolute atomic E-state index is 11.5. The molecule has 0 bridgehead atoms. The van der Waals surface area contributed by atoms with E-state index in [1.54, 1.807) is 4.90 Å². The summed E-state index contributed by atoms with van der Waals surface area (Å²) in [4.78, 5) is 13.3. The normalized spacial score (nSPS) is 14.7. The molecule has 1 heterocycles. The fourth-order valence-electron chi connectivity index (χ4n) is 2.10. The van der Waals surface area contributed by atoms with Crippen LogP contribution in [0, 0.1) is 6.92 Å². The first-order chi connectivity index (χ1) is 7.24. The summed E-state index contributed by atoms with van der Waals surface area (Å²) in [6.45, 7) is 2.84. The molecular weight excluding hydrogens is 190 g/mol. The molecule has 0 unspecified atom stereocenters. The van der Waals surface area contributed by atoms with E-state index in [2.05, 4.69) is 13.0 Å². The van der Waals surface area contributed by atoms with E-state index >= 15 is 0 Å². The lowest BCUT2D eigenvalue weighted by atomic mass is 9.97. The molecule has 3 nitrogen and oxygen atoms in total. The Hall–Kier alpha value is -1.51. The number of carbonyl (C=O) groups excluding carboxylic acids is 1. The van der Waals surface area contributed by atoms with Crippen LogP contribution in [-0.2, 0) is 11.2 Å². The van der Waals surface area contributed by atoms with Crippen LogP contribution in [0.4, 0.5) is 10.5 Å². The number of anilines is 1. The Morgan fingerprint density at radius 3 is 3.00 bits per heavy atom. The molecule has 0 aromatic heterocycles. The average Bonchev–Trinajstić information content (AvgIpc) is 2.28. The van der Waals surface area contributed by atoms with Crippen molar-refractivity contribution in [2.24, 2.45) is 0 Å². The van der Waals surface area contributed by atoms with Gasteiger partial charge in [0.2, 0.25) is 0 Å². The molecule has 0 atom stereocenters. The lowest BCUT2D eigenvalue weighted by molar-refractivity contribution is 0.178. The topological polar surface area (TPSA) is 29.5 Å². The van der Waals surface area contributed by atoms with Crippen LogP contribution < -0.4 is 4.90 Å². The number of methoxy groups -OCH3 is 1. The minimum absolute atomic E-state index is 0.262. The van der Waals surface area contributed by atoms with E-state index in [1.807, 2.05) is 12.1 Å². The highest BCUT2D eigenvalue weighted by atomic mass is 16.5. The number of ether oxygens (including phenoxy) is 1. The molecule has 0 N–H and O–H groups in total. The van der Waals surface area contributed by atoms with Crippen molar-refractivity contribution in [2.45, 2.75) is 19.8 Å². The number of amides is 1. The van der Waals surface area contributed by atoms with Gasteiger partial charge in [-0.3, -0.25) is 4.90 Å². The van der Waals surface area contributed by atoms with E-state index in [0.717, 1.165) is 25.1 Å². The number of benzene rings is 1. The molecule has 1 aliphatic heterocycles. The fraction of sp³-hybridized carbons (Fsp3) is 0.417. The van der Waals surface area contributed by atoms with Crippen LogP contribution >= 0.6 is 0 Å². The highest BCUT2D eigenvalue weighted by molar-refractivity contribution is 5.89. The maximum Gasteiger partial charge on any atom is 0.414 e. The van der Waals surface area contributed by atoms with Crippen LogP contribution in [0.15, 0.2) is 18.2 Å². The van der Waals surface area contributed by atoms with Crippen molar-refractivity contribution in [1.82, 2.24) is 0 Å². The molecule has 1 aromatic carbocycles. The molecule has 1 aromatic rings. The Balaban J connectivity index is 2.42. The van der Waals surface area contributed by atoms with E-state index in [0.29, 0.717) is 0 Å². The van der Waals surface area contributed by atoms with E-state index in [-0.39, 0.29) is 6.09 Å². The van der Waals surface area contributed by atoms with Crippen molar-refractivity contribution in [1.29, 1.82) is 0 Å². The molecule has 0 fully saturated rings. The summed E-state index contributed by atoms with van der Waals surface area (Å²) in [7, 11) is 1.42. The van der Waals surface area contributed by atoms with E-state index < -0.39 is 0 Å². The molecule has 1 amide bonds. The minimum atomic E-state index is -0.262. The van der Waals surface area contributed by atoms with Crippen molar-refractivity contribution in [3.8, 4) is 0 Å². The monoisotopic (exact) mass is 205 g/mol. The van der Waals surface area contributed by atoms with Crippen molar-refractivity contribution in [3.63, 3.8) is 0 Å². The van der Waals surface area contributed by atoms with Gasteiger partial charge in [-0.2, -0.15) is 0 Å². The average molecular weight is 205 g/mol. The van der Waals surface area contributed by atoms with Gasteiger partial charge >= 0.3 is 6.09 Å². The second kappa shape index (κ2) is 3.93. The molecule has 0 saturated carbocycles. The zero-order valence-corrected chi connectivity index (χ0v) is 9.12. The Bertz CT molecular complexity index is 387. The first-order valence-corrected chi connectivity index (χ1v) is 5.18. The molecule has 2 rings (SSSR count). The van der Waals surface area contributed by atoms with Gasteiger partial charge < -0.3 is 4.74 Å². The quantitative estimate of drug-likeness (QED) is 0.651. The Morgan fingerprint density at radius 2 is 2.27 bits per heavy atom. The van der Waals surface area contributed by atoms with Gasteiger partial charge in [0.15, 0.2) is 0 Å². The summed E-state index contributed by atoms with van der Waals surface area (Å²) in [6.07, 6.45) is 1.80. The first-order valence-electron chi connectivity index (χ1n) is 5.18. The zero-order chi connectivity index (χ0) is 10.8. The smallest absolute Gasteiger partial charge is 0.414 e. The standard InChI is InChI=1S/C12H15NO2/c1-9-5-3-7-11-10(9)6-4-8-13(11)12(14)15-2/h3,5,7H,4,6,8H2,1-2H3. The van der Waals surface area contributed by atoms with Crippen molar-refractivity contribution in [2.75, 3.05) is 18.6 Å². The fourth-order valence-corrected chi connectivity index (χ4v) is 2.10. The minimum Gasteiger partial charge on any atom is -0.452 e. The van der Waals surface area contributed by atoms with Gasteiger partial charge in [-0.15, -0.1) is 0 Å². The highest BCUT2D eigenvalue weighted by Gasteiger charge is 2.23. The van der Waals surface area contributed by atoms with Crippen LogP contribution in [0.3, 0.4) is 0 Å². The maximum atomic E-state index is 11.5. The summed E-state index contributed by atoms with van der Waals surface area (Å²) >= 11 is 0. The van der Waals surface area contributed by atoms with Gasteiger partial charge in [-0.25, -0.2) is 4.79 Å². The number of hydrogen-bond donors (Lipinski definition) is 0. The van der Waals surface area contributed by atoms with Crippen molar-refractivity contribution >= 4 is 11.8 Å². The number of carbonyl (C=O) groups is 1. The van der Waals surface area contributed by atoms with Crippen LogP contribution in [0.2, 0.25) is 0 Å². The number of aryl methyl sites for hydroxylation is 1. The number of hydrogen-bond acceptors (Lipinski definition) is 2. The largest absolute Gasteiger partial charge is 0.452 e. The van der Waals surface area contributed by atoms with E-state index in [4.69, 9.17) is 4.74 Å². The Kier molecular flexibility index (Phi) is 2.62. The second-order valence-corrected chi connectivity index (χ2v) is 3.80. The third kappa shape index (κ3) is 1.69. The van der Waals surface area contributed by atoms with Crippen molar-refractivity contribution in [3.05, 3.63) is 29.3 Å².